The third-order valence-electron chi connectivity index (χ3n) is 4.63. The summed E-state index contributed by atoms with van der Waals surface area (Å²) in [6.07, 6.45) is -0.915. The lowest BCUT2D eigenvalue weighted by molar-refractivity contribution is 0.143. The molecule has 0 aliphatic carbocycles. The second-order valence-corrected chi connectivity index (χ2v) is 8.78. The highest BCUT2D eigenvalue weighted by atomic mass is 32.2. The topological polar surface area (TPSA) is 108 Å². The summed E-state index contributed by atoms with van der Waals surface area (Å²) < 4.78 is 43.9. The summed E-state index contributed by atoms with van der Waals surface area (Å²) in [5, 5.41) is 8.07. The van der Waals surface area contributed by atoms with Crippen molar-refractivity contribution in [1.29, 1.82) is 0 Å². The van der Waals surface area contributed by atoms with E-state index >= 15 is 0 Å². The molecular formula is C16H22FN5O4S2. The van der Waals surface area contributed by atoms with Crippen LogP contribution in [0, 0.1) is 5.82 Å². The van der Waals surface area contributed by atoms with Gasteiger partial charge in [-0.2, -0.15) is 12.7 Å². The van der Waals surface area contributed by atoms with E-state index in [9.17, 15) is 17.6 Å². The number of cyclic esters (lactones) is 1. The van der Waals surface area contributed by atoms with Gasteiger partial charge >= 0.3 is 6.09 Å². The molecule has 3 rings (SSSR count). The summed E-state index contributed by atoms with van der Waals surface area (Å²) in [4.78, 5) is 15.8. The molecule has 1 amide bonds. The highest BCUT2D eigenvalue weighted by molar-refractivity contribution is 7.86. The Balaban J connectivity index is 1.66. The number of amides is 1. The summed E-state index contributed by atoms with van der Waals surface area (Å²) in [7, 11) is -3.74. The van der Waals surface area contributed by atoms with Crippen LogP contribution in [0.3, 0.4) is 0 Å². The first-order valence-corrected chi connectivity index (χ1v) is 10.6. The van der Waals surface area contributed by atoms with Gasteiger partial charge in [0, 0.05) is 26.2 Å². The highest BCUT2D eigenvalue weighted by Gasteiger charge is 2.33. The van der Waals surface area contributed by atoms with Crippen LogP contribution in [0.15, 0.2) is 18.2 Å². The van der Waals surface area contributed by atoms with Gasteiger partial charge in [0.25, 0.3) is 10.2 Å². The van der Waals surface area contributed by atoms with E-state index in [1.54, 1.807) is 24.0 Å². The van der Waals surface area contributed by atoms with Gasteiger partial charge in [-0.05, 0) is 25.1 Å². The summed E-state index contributed by atoms with van der Waals surface area (Å²) in [6.45, 7) is 3.44. The van der Waals surface area contributed by atoms with Gasteiger partial charge in [-0.3, -0.25) is 4.90 Å². The SMILES string of the molecule is CC(=S)NC[C@H]1CN(c2ccc(N3CCN(S(N)(=O)=O)CC3)c(F)c2)C(=O)O1. The highest BCUT2D eigenvalue weighted by Crippen LogP contribution is 2.28. The summed E-state index contributed by atoms with van der Waals surface area (Å²) in [5.74, 6) is -0.495. The van der Waals surface area contributed by atoms with Crippen molar-refractivity contribution >= 4 is 44.9 Å². The monoisotopic (exact) mass is 431 g/mol. The standard InChI is InChI=1S/C16H22FN5O4S2/c1-11(27)19-9-13-10-22(16(23)26-13)12-2-3-15(14(17)8-12)20-4-6-21(7-5-20)28(18,24)25/h2-3,8,13H,4-7,9-10H2,1H3,(H,19,27)(H2,18,24,25)/t13-/m0/s1. The smallest absolute Gasteiger partial charge is 0.414 e. The minimum Gasteiger partial charge on any atom is -0.442 e. The molecule has 12 heteroatoms. The van der Waals surface area contributed by atoms with E-state index in [-0.39, 0.29) is 19.2 Å². The third kappa shape index (κ3) is 4.69. The minimum atomic E-state index is -3.74. The number of nitrogens with zero attached hydrogens (tertiary/aromatic N) is 3. The minimum absolute atomic E-state index is 0.187. The zero-order valence-corrected chi connectivity index (χ0v) is 16.9. The molecule has 3 N–H and O–H groups in total. The molecule has 0 unspecified atom stereocenters. The van der Waals surface area contributed by atoms with Crippen molar-refractivity contribution in [3.05, 3.63) is 24.0 Å². The van der Waals surface area contributed by atoms with Gasteiger partial charge in [-0.25, -0.2) is 14.3 Å². The molecule has 2 saturated heterocycles. The third-order valence-corrected chi connectivity index (χ3v) is 5.86. The Morgan fingerprint density at radius 1 is 1.36 bits per heavy atom. The molecule has 0 saturated carbocycles. The molecule has 1 aromatic carbocycles. The Morgan fingerprint density at radius 3 is 2.61 bits per heavy atom. The van der Waals surface area contributed by atoms with E-state index < -0.39 is 22.1 Å². The van der Waals surface area contributed by atoms with Gasteiger partial charge in [0.15, 0.2) is 0 Å². The van der Waals surface area contributed by atoms with E-state index in [2.05, 4.69) is 5.32 Å². The first-order valence-electron chi connectivity index (χ1n) is 8.70. The number of anilines is 2. The Bertz CT molecular complexity index is 874. The summed E-state index contributed by atoms with van der Waals surface area (Å²) >= 11 is 4.94. The van der Waals surface area contributed by atoms with Crippen LogP contribution in [0.25, 0.3) is 0 Å². The van der Waals surface area contributed by atoms with E-state index in [0.29, 0.717) is 42.5 Å². The molecule has 9 nitrogen and oxygen atoms in total. The Hall–Kier alpha value is -2.02. The van der Waals surface area contributed by atoms with Crippen LogP contribution in [0.2, 0.25) is 0 Å². The molecule has 0 aromatic heterocycles. The molecular weight excluding hydrogens is 409 g/mol. The molecule has 154 valence electrons. The average molecular weight is 432 g/mol. The number of thiocarbonyl (C=S) groups is 1. The lowest BCUT2D eigenvalue weighted by atomic mass is 10.2. The number of carbonyl (C=O) groups excluding carboxylic acids is 1. The Morgan fingerprint density at radius 2 is 2.04 bits per heavy atom. The number of hydrogen-bond acceptors (Lipinski definition) is 6. The number of rotatable bonds is 5. The molecule has 0 bridgehead atoms. The molecule has 1 aromatic rings. The maximum Gasteiger partial charge on any atom is 0.414 e. The van der Waals surface area contributed by atoms with Crippen molar-refractivity contribution in [2.75, 3.05) is 49.1 Å². The summed E-state index contributed by atoms with van der Waals surface area (Å²) in [5.41, 5.74) is 0.746. The number of halogens is 1. The van der Waals surface area contributed by atoms with Crippen LogP contribution in [0.4, 0.5) is 20.6 Å². The molecule has 28 heavy (non-hydrogen) atoms. The number of carbonyl (C=O) groups is 1. The molecule has 2 heterocycles. The first kappa shape index (κ1) is 20.7. The quantitative estimate of drug-likeness (QED) is 0.650. The Labute approximate surface area is 168 Å². The number of hydrogen-bond donors (Lipinski definition) is 2. The van der Waals surface area contributed by atoms with Crippen molar-refractivity contribution in [2.45, 2.75) is 13.0 Å². The number of nitrogens with one attached hydrogen (secondary N) is 1. The van der Waals surface area contributed by atoms with Crippen molar-refractivity contribution in [3.8, 4) is 0 Å². The number of nitrogens with two attached hydrogens (primary N) is 1. The fourth-order valence-corrected chi connectivity index (χ4v) is 3.96. The van der Waals surface area contributed by atoms with Gasteiger partial charge in [-0.1, -0.05) is 12.2 Å². The van der Waals surface area contributed by atoms with Gasteiger partial charge in [0.1, 0.15) is 11.9 Å². The maximum absolute atomic E-state index is 14.7. The van der Waals surface area contributed by atoms with Crippen molar-refractivity contribution < 1.29 is 22.3 Å². The molecule has 2 aliphatic heterocycles. The van der Waals surface area contributed by atoms with Gasteiger partial charge in [-0.15, -0.1) is 0 Å². The molecule has 0 spiro atoms. The lowest BCUT2D eigenvalue weighted by Crippen LogP contribution is -2.50. The molecule has 1 atom stereocenters. The van der Waals surface area contributed by atoms with E-state index in [0.717, 1.165) is 4.31 Å². The fourth-order valence-electron chi connectivity index (χ4n) is 3.20. The normalized spacial score (nSPS) is 21.0. The first-order chi connectivity index (χ1) is 13.1. The van der Waals surface area contributed by atoms with E-state index in [1.807, 2.05) is 0 Å². The predicted molar refractivity (Wildman–Crippen MR) is 107 cm³/mol. The lowest BCUT2D eigenvalue weighted by Gasteiger charge is -2.34. The molecule has 0 radical (unpaired) electrons. The second-order valence-electron chi connectivity index (χ2n) is 6.62. The molecule has 2 aliphatic rings. The van der Waals surface area contributed by atoms with Crippen LogP contribution in [0.1, 0.15) is 6.92 Å². The van der Waals surface area contributed by atoms with Crippen molar-refractivity contribution in [1.82, 2.24) is 9.62 Å². The van der Waals surface area contributed by atoms with Crippen molar-refractivity contribution in [2.24, 2.45) is 5.14 Å². The Kier molecular flexibility index (Phi) is 6.03. The van der Waals surface area contributed by atoms with Crippen molar-refractivity contribution in [3.63, 3.8) is 0 Å². The largest absolute Gasteiger partial charge is 0.442 e. The van der Waals surface area contributed by atoms with Crippen LogP contribution in [0.5, 0.6) is 0 Å². The van der Waals surface area contributed by atoms with Gasteiger partial charge in [0.05, 0.1) is 29.5 Å². The van der Waals surface area contributed by atoms with Crippen LogP contribution >= 0.6 is 12.2 Å². The average Bonchev–Trinajstić information content (AvgIpc) is 3.00. The summed E-state index contributed by atoms with van der Waals surface area (Å²) in [6, 6.07) is 4.51. The van der Waals surface area contributed by atoms with E-state index in [4.69, 9.17) is 22.1 Å². The molecule has 2 fully saturated rings. The number of ether oxygens (including phenoxy) is 1. The predicted octanol–water partition coefficient (Wildman–Crippen LogP) is 0.413. The van der Waals surface area contributed by atoms with Gasteiger partial charge in [0.2, 0.25) is 0 Å². The van der Waals surface area contributed by atoms with Gasteiger partial charge < -0.3 is 15.0 Å². The number of benzene rings is 1. The zero-order valence-electron chi connectivity index (χ0n) is 15.3. The van der Waals surface area contributed by atoms with Crippen LogP contribution in [-0.2, 0) is 14.9 Å². The van der Waals surface area contributed by atoms with E-state index in [1.165, 1.54) is 11.0 Å². The zero-order chi connectivity index (χ0) is 20.5. The van der Waals surface area contributed by atoms with Crippen LogP contribution in [-0.4, -0.2) is 69.2 Å². The second kappa shape index (κ2) is 8.15. The maximum atomic E-state index is 14.7. The number of piperazine rings is 1. The van der Waals surface area contributed by atoms with Crippen LogP contribution < -0.4 is 20.3 Å². The fraction of sp³-hybridized carbons (Fsp3) is 0.500.